The van der Waals surface area contributed by atoms with Gasteiger partial charge in [0, 0.05) is 60.9 Å². The third-order valence-corrected chi connectivity index (χ3v) is 9.42. The molecule has 0 aliphatic heterocycles. The Balaban J connectivity index is 1.64. The van der Waals surface area contributed by atoms with Crippen LogP contribution in [0.25, 0.3) is 44.3 Å². The molecule has 0 radical (unpaired) electrons. The lowest BCUT2D eigenvalue weighted by molar-refractivity contribution is -0.254. The molecule has 3 nitrogen and oxygen atoms in total. The molecule has 5 aromatic rings. The maximum Gasteiger partial charge on any atom is 0.380 e. The van der Waals surface area contributed by atoms with Gasteiger partial charge in [0.1, 0.15) is 11.5 Å². The van der Waals surface area contributed by atoms with E-state index in [-0.39, 0.29) is 38.2 Å². The highest BCUT2D eigenvalue weighted by Gasteiger charge is 2.80. The Hall–Kier alpha value is -4.18. The van der Waals surface area contributed by atoms with Gasteiger partial charge in [-0.25, -0.2) is 0 Å². The van der Waals surface area contributed by atoms with Crippen LogP contribution in [0.1, 0.15) is 32.8 Å². The van der Waals surface area contributed by atoms with E-state index < -0.39 is 28.9 Å². The number of benzene rings is 3. The summed E-state index contributed by atoms with van der Waals surface area (Å²) in [6, 6.07) is 16.8. The lowest BCUT2D eigenvalue weighted by Crippen LogP contribution is -2.49. The van der Waals surface area contributed by atoms with Crippen molar-refractivity contribution in [3.8, 4) is 11.5 Å². The Morgan fingerprint density at radius 3 is 1.89 bits per heavy atom. The van der Waals surface area contributed by atoms with Gasteiger partial charge in [-0.3, -0.25) is 0 Å². The largest absolute Gasteiger partial charge is 0.497 e. The first-order valence-electron chi connectivity index (χ1n) is 13.6. The number of halogens is 6. The maximum atomic E-state index is 16.0. The summed E-state index contributed by atoms with van der Waals surface area (Å²) in [5, 5.41) is 0.311. The summed E-state index contributed by atoms with van der Waals surface area (Å²) in [6.07, 6.45) is 3.54. The molecule has 2 aromatic heterocycles. The lowest BCUT2D eigenvalue weighted by Gasteiger charge is -2.26. The zero-order valence-electron chi connectivity index (χ0n) is 24.4. The molecule has 0 N–H and O–H groups in total. The van der Waals surface area contributed by atoms with Crippen molar-refractivity contribution >= 4 is 55.6 Å². The first-order valence-corrected chi connectivity index (χ1v) is 14.4. The number of ether oxygens (including phenoxy) is 2. The Morgan fingerprint density at radius 2 is 1.25 bits per heavy atom. The summed E-state index contributed by atoms with van der Waals surface area (Å²) in [4.78, 5) is 0.229. The molecule has 0 atom stereocenters. The average Bonchev–Trinajstić information content (AvgIpc) is 3.48. The number of methoxy groups -OCH3 is 2. The normalized spacial score (nSPS) is 17.3. The minimum absolute atomic E-state index is 0.116. The first-order chi connectivity index (χ1) is 20.7. The van der Waals surface area contributed by atoms with Gasteiger partial charge < -0.3 is 14.0 Å². The van der Waals surface area contributed by atoms with Gasteiger partial charge in [-0.05, 0) is 67.4 Å². The van der Waals surface area contributed by atoms with E-state index in [1.807, 2.05) is 12.1 Å². The van der Waals surface area contributed by atoms with E-state index in [4.69, 9.17) is 9.47 Å². The number of allylic oxidation sites excluding steroid dienone is 2. The van der Waals surface area contributed by atoms with Crippen molar-refractivity contribution in [2.45, 2.75) is 31.6 Å². The SMILES string of the molecule is COc1ccc(C=Cc2ccc3sc(C)c(C4=C(c5c(C)n(C)c6ccc(OC)cc56)C(F)(F)C(F)(F)C4(F)F)c3c2)cc1. The van der Waals surface area contributed by atoms with Gasteiger partial charge in [-0.2, -0.15) is 26.3 Å². The molecule has 0 saturated heterocycles. The van der Waals surface area contributed by atoms with E-state index in [1.54, 1.807) is 68.8 Å². The first kappa shape index (κ1) is 29.9. The molecule has 0 saturated carbocycles. The van der Waals surface area contributed by atoms with Crippen molar-refractivity contribution in [2.75, 3.05) is 14.2 Å². The monoisotopic (exact) mass is 627 g/mol. The summed E-state index contributed by atoms with van der Waals surface area (Å²) >= 11 is 1.09. The fourth-order valence-corrected chi connectivity index (χ4v) is 6.99. The lowest BCUT2D eigenvalue weighted by atomic mass is 9.91. The molecule has 2 heterocycles. The second kappa shape index (κ2) is 10.2. The molecular weight excluding hydrogens is 600 g/mol. The molecule has 3 aromatic carbocycles. The number of alkyl halides is 6. The van der Waals surface area contributed by atoms with Crippen molar-refractivity contribution in [3.63, 3.8) is 0 Å². The van der Waals surface area contributed by atoms with Crippen LogP contribution in [-0.2, 0) is 7.05 Å². The number of hydrogen-bond donors (Lipinski definition) is 0. The molecule has 0 spiro atoms. The Kier molecular flexibility index (Phi) is 6.92. The van der Waals surface area contributed by atoms with Crippen molar-refractivity contribution < 1.29 is 35.8 Å². The molecule has 44 heavy (non-hydrogen) atoms. The molecule has 6 rings (SSSR count). The van der Waals surface area contributed by atoms with Crippen LogP contribution in [0.4, 0.5) is 26.3 Å². The molecule has 1 aliphatic carbocycles. The van der Waals surface area contributed by atoms with Crippen LogP contribution >= 0.6 is 11.3 Å². The molecular formula is C34H27F6NO2S. The van der Waals surface area contributed by atoms with Gasteiger partial charge in [0.05, 0.1) is 14.2 Å². The van der Waals surface area contributed by atoms with Crippen LogP contribution < -0.4 is 9.47 Å². The van der Waals surface area contributed by atoms with Crippen LogP contribution in [0, 0.1) is 13.8 Å². The predicted octanol–water partition coefficient (Wildman–Crippen LogP) is 10.0. The number of aromatic nitrogens is 1. The predicted molar refractivity (Wildman–Crippen MR) is 164 cm³/mol. The Labute approximate surface area is 253 Å². The zero-order valence-corrected chi connectivity index (χ0v) is 25.2. The van der Waals surface area contributed by atoms with Crippen molar-refractivity contribution in [2.24, 2.45) is 7.05 Å². The summed E-state index contributed by atoms with van der Waals surface area (Å²) in [6.45, 7) is 2.94. The summed E-state index contributed by atoms with van der Waals surface area (Å²) in [7, 11) is 4.50. The van der Waals surface area contributed by atoms with E-state index in [2.05, 4.69) is 0 Å². The summed E-state index contributed by atoms with van der Waals surface area (Å²) < 4.78 is 107. The summed E-state index contributed by atoms with van der Waals surface area (Å²) in [5.74, 6) is -15.1. The van der Waals surface area contributed by atoms with E-state index in [0.29, 0.717) is 21.5 Å². The topological polar surface area (TPSA) is 23.4 Å². The molecule has 10 heteroatoms. The minimum atomic E-state index is -5.68. The fraction of sp³-hybridized carbons (Fsp3) is 0.235. The van der Waals surface area contributed by atoms with Gasteiger partial charge in [-0.15, -0.1) is 11.3 Å². The van der Waals surface area contributed by atoms with Crippen molar-refractivity contribution in [1.82, 2.24) is 4.57 Å². The third-order valence-electron chi connectivity index (χ3n) is 8.34. The quantitative estimate of drug-likeness (QED) is 0.138. The highest BCUT2D eigenvalue weighted by molar-refractivity contribution is 7.19. The molecule has 0 fully saturated rings. The van der Waals surface area contributed by atoms with E-state index >= 15 is 26.3 Å². The van der Waals surface area contributed by atoms with E-state index in [0.717, 1.165) is 16.9 Å². The smallest absolute Gasteiger partial charge is 0.380 e. The van der Waals surface area contributed by atoms with Crippen LogP contribution in [0.2, 0.25) is 0 Å². The molecule has 0 bridgehead atoms. The maximum absolute atomic E-state index is 16.0. The van der Waals surface area contributed by atoms with E-state index in [9.17, 15) is 0 Å². The van der Waals surface area contributed by atoms with Crippen LogP contribution in [0.3, 0.4) is 0 Å². The third kappa shape index (κ3) is 4.17. The fourth-order valence-electron chi connectivity index (χ4n) is 5.94. The molecule has 0 amide bonds. The molecule has 0 unspecified atom stereocenters. The molecule has 1 aliphatic rings. The highest BCUT2D eigenvalue weighted by atomic mass is 32.1. The van der Waals surface area contributed by atoms with Gasteiger partial charge in [0.25, 0.3) is 0 Å². The van der Waals surface area contributed by atoms with Crippen molar-refractivity contribution in [3.05, 3.63) is 93.5 Å². The van der Waals surface area contributed by atoms with Gasteiger partial charge in [0.2, 0.25) is 0 Å². The average molecular weight is 628 g/mol. The second-order valence-electron chi connectivity index (χ2n) is 10.8. The van der Waals surface area contributed by atoms with Gasteiger partial charge >= 0.3 is 17.8 Å². The number of thiophene rings is 1. The van der Waals surface area contributed by atoms with Crippen LogP contribution in [0.15, 0.2) is 60.7 Å². The number of rotatable bonds is 6. The highest BCUT2D eigenvalue weighted by Crippen LogP contribution is 2.66. The zero-order chi connectivity index (χ0) is 31.8. The number of fused-ring (bicyclic) bond motifs is 2. The minimum Gasteiger partial charge on any atom is -0.497 e. The van der Waals surface area contributed by atoms with Crippen molar-refractivity contribution in [1.29, 1.82) is 0 Å². The second-order valence-corrected chi connectivity index (χ2v) is 12.0. The Bertz CT molecular complexity index is 2000. The summed E-state index contributed by atoms with van der Waals surface area (Å²) in [5.41, 5.74) is -1.40. The standard InChI is InChI=1S/C34H27F6NO2S/c1-18-28(24-17-23(43-5)13-14-26(24)41(18)3)30-31(33(37,38)34(39,40)32(30,35)36)29-19(2)44-27-15-10-21(16-25(27)29)7-6-20-8-11-22(42-4)12-9-20/h6-17H,1-5H3. The van der Waals surface area contributed by atoms with Gasteiger partial charge in [-0.1, -0.05) is 30.4 Å². The Morgan fingerprint density at radius 1 is 0.682 bits per heavy atom. The van der Waals surface area contributed by atoms with Crippen LogP contribution in [0.5, 0.6) is 11.5 Å². The van der Waals surface area contributed by atoms with Crippen LogP contribution in [-0.4, -0.2) is 36.6 Å². The number of nitrogens with zero attached hydrogens (tertiary/aromatic N) is 1. The molecule has 228 valence electrons. The van der Waals surface area contributed by atoms with Gasteiger partial charge in [0.15, 0.2) is 0 Å². The van der Waals surface area contributed by atoms with E-state index in [1.165, 1.54) is 31.6 Å². The number of hydrogen-bond acceptors (Lipinski definition) is 3. The number of aryl methyl sites for hydroxylation is 2.